The Morgan fingerprint density at radius 2 is 2.00 bits per heavy atom. The third-order valence-corrected chi connectivity index (χ3v) is 3.57. The van der Waals surface area contributed by atoms with Gasteiger partial charge in [-0.3, -0.25) is 9.59 Å². The zero-order chi connectivity index (χ0) is 12.0. The van der Waals surface area contributed by atoms with Gasteiger partial charge in [0, 0.05) is 11.0 Å². The van der Waals surface area contributed by atoms with Gasteiger partial charge in [-0.25, -0.2) is 0 Å². The van der Waals surface area contributed by atoms with Gasteiger partial charge in [-0.05, 0) is 31.2 Å². The number of primary amides is 2. The highest BCUT2D eigenvalue weighted by Gasteiger charge is 2.58. The fourth-order valence-electron chi connectivity index (χ4n) is 2.11. The lowest BCUT2D eigenvalue weighted by atomic mass is 9.78. The van der Waals surface area contributed by atoms with E-state index in [0.717, 1.165) is 12.8 Å². The number of nitrogens with one attached hydrogen (secondary N) is 1. The highest BCUT2D eigenvalue weighted by Crippen LogP contribution is 2.55. The van der Waals surface area contributed by atoms with Crippen LogP contribution in [-0.2, 0) is 9.59 Å². The average Bonchev–Trinajstić information content (AvgIpc) is 2.97. The lowest BCUT2D eigenvalue weighted by Crippen LogP contribution is -2.59. The van der Waals surface area contributed by atoms with Gasteiger partial charge in [-0.2, -0.15) is 0 Å². The van der Waals surface area contributed by atoms with Crippen molar-refractivity contribution in [1.29, 1.82) is 0 Å². The van der Waals surface area contributed by atoms with Crippen molar-refractivity contribution in [3.8, 4) is 0 Å². The maximum Gasteiger partial charge on any atom is 0.248 e. The summed E-state index contributed by atoms with van der Waals surface area (Å²) in [5.41, 5.74) is 9.80. The van der Waals surface area contributed by atoms with Crippen molar-refractivity contribution in [3.05, 3.63) is 23.9 Å². The summed E-state index contributed by atoms with van der Waals surface area (Å²) < 4.78 is 0. The molecule has 1 aliphatic heterocycles. The van der Waals surface area contributed by atoms with Crippen molar-refractivity contribution < 1.29 is 9.59 Å². The Bertz CT molecular complexity index is 421. The Morgan fingerprint density at radius 3 is 2.44 bits per heavy atom. The van der Waals surface area contributed by atoms with E-state index in [9.17, 15) is 9.59 Å². The SMILES string of the molecule is CC1(C2(C(N)=O)C=C(C(N)=O)C=CN2)CC1. The van der Waals surface area contributed by atoms with Crippen LogP contribution in [0.1, 0.15) is 19.8 Å². The van der Waals surface area contributed by atoms with Crippen molar-refractivity contribution in [2.24, 2.45) is 16.9 Å². The smallest absolute Gasteiger partial charge is 0.248 e. The molecule has 0 radical (unpaired) electrons. The molecule has 2 amide bonds. The van der Waals surface area contributed by atoms with Gasteiger partial charge in [0.1, 0.15) is 5.54 Å². The molecule has 0 aromatic heterocycles. The Morgan fingerprint density at radius 1 is 1.38 bits per heavy atom. The average molecular weight is 221 g/mol. The molecule has 2 aliphatic rings. The highest BCUT2D eigenvalue weighted by atomic mass is 16.2. The first-order valence-corrected chi connectivity index (χ1v) is 5.18. The molecular formula is C11H15N3O2. The summed E-state index contributed by atoms with van der Waals surface area (Å²) in [4.78, 5) is 22.8. The Kier molecular flexibility index (Phi) is 2.08. The van der Waals surface area contributed by atoms with E-state index in [1.54, 1.807) is 18.4 Å². The lowest BCUT2D eigenvalue weighted by Gasteiger charge is -2.36. The van der Waals surface area contributed by atoms with Crippen molar-refractivity contribution in [2.45, 2.75) is 25.3 Å². The summed E-state index contributed by atoms with van der Waals surface area (Å²) in [5.74, 6) is -1.02. The number of carbonyl (C=O) groups is 2. The molecule has 16 heavy (non-hydrogen) atoms. The van der Waals surface area contributed by atoms with Crippen LogP contribution < -0.4 is 16.8 Å². The molecule has 1 atom stereocenters. The van der Waals surface area contributed by atoms with Crippen LogP contribution in [0.15, 0.2) is 23.9 Å². The predicted octanol–water partition coefficient (Wildman–Crippen LogP) is -0.461. The van der Waals surface area contributed by atoms with Gasteiger partial charge in [0.15, 0.2) is 0 Å². The molecule has 0 bridgehead atoms. The molecule has 1 saturated carbocycles. The van der Waals surface area contributed by atoms with E-state index in [2.05, 4.69) is 5.32 Å². The highest BCUT2D eigenvalue weighted by molar-refractivity contribution is 5.98. The molecule has 5 heteroatoms. The second-order valence-corrected chi connectivity index (χ2v) is 4.67. The Hall–Kier alpha value is -1.78. The molecule has 0 aromatic rings. The van der Waals surface area contributed by atoms with Gasteiger partial charge in [0.2, 0.25) is 11.8 Å². The summed E-state index contributed by atoms with van der Waals surface area (Å²) in [6.07, 6.45) is 6.48. The number of nitrogens with two attached hydrogens (primary N) is 2. The zero-order valence-electron chi connectivity index (χ0n) is 9.12. The van der Waals surface area contributed by atoms with Gasteiger partial charge in [0.25, 0.3) is 0 Å². The largest absolute Gasteiger partial charge is 0.374 e. The minimum absolute atomic E-state index is 0.218. The number of carbonyl (C=O) groups excluding carboxylic acids is 2. The zero-order valence-corrected chi connectivity index (χ0v) is 9.12. The van der Waals surface area contributed by atoms with E-state index in [0.29, 0.717) is 5.57 Å². The van der Waals surface area contributed by atoms with Crippen molar-refractivity contribution in [3.63, 3.8) is 0 Å². The number of hydrogen-bond donors (Lipinski definition) is 3. The van der Waals surface area contributed by atoms with E-state index in [4.69, 9.17) is 11.5 Å². The summed E-state index contributed by atoms with van der Waals surface area (Å²) in [5, 5.41) is 2.98. The van der Waals surface area contributed by atoms with Crippen molar-refractivity contribution >= 4 is 11.8 Å². The summed E-state index contributed by atoms with van der Waals surface area (Å²) >= 11 is 0. The van der Waals surface area contributed by atoms with Crippen molar-refractivity contribution in [1.82, 2.24) is 5.32 Å². The summed E-state index contributed by atoms with van der Waals surface area (Å²) in [6, 6.07) is 0. The molecule has 5 nitrogen and oxygen atoms in total. The van der Waals surface area contributed by atoms with Gasteiger partial charge in [-0.15, -0.1) is 0 Å². The predicted molar refractivity (Wildman–Crippen MR) is 58.8 cm³/mol. The van der Waals surface area contributed by atoms with Crippen LogP contribution in [0.5, 0.6) is 0 Å². The first-order valence-electron chi connectivity index (χ1n) is 5.18. The molecule has 0 aromatic carbocycles. The second kappa shape index (κ2) is 3.10. The van der Waals surface area contributed by atoms with Gasteiger partial charge < -0.3 is 16.8 Å². The van der Waals surface area contributed by atoms with Crippen LogP contribution in [0.4, 0.5) is 0 Å². The molecule has 1 fully saturated rings. The van der Waals surface area contributed by atoms with Crippen LogP contribution in [0.3, 0.4) is 0 Å². The van der Waals surface area contributed by atoms with Crippen LogP contribution in [-0.4, -0.2) is 17.4 Å². The molecule has 5 N–H and O–H groups in total. The summed E-state index contributed by atoms with van der Waals surface area (Å²) in [6.45, 7) is 1.97. The van der Waals surface area contributed by atoms with Gasteiger partial charge >= 0.3 is 0 Å². The molecule has 0 saturated heterocycles. The summed E-state index contributed by atoms with van der Waals surface area (Å²) in [7, 11) is 0. The van der Waals surface area contributed by atoms with Crippen molar-refractivity contribution in [2.75, 3.05) is 0 Å². The molecule has 2 rings (SSSR count). The van der Waals surface area contributed by atoms with Crippen LogP contribution >= 0.6 is 0 Å². The topological polar surface area (TPSA) is 98.2 Å². The Balaban J connectivity index is 2.46. The number of dihydropyridines is 1. The standard InChI is InChI=1S/C11H15N3O2/c1-10(3-4-10)11(9(13)16)6-7(8(12)15)2-5-14-11/h2,5-6,14H,3-4H2,1H3,(H2,12,15)(H2,13,16). The van der Waals surface area contributed by atoms with Crippen LogP contribution in [0.25, 0.3) is 0 Å². The fourth-order valence-corrected chi connectivity index (χ4v) is 2.11. The molecule has 1 aliphatic carbocycles. The minimum Gasteiger partial charge on any atom is -0.374 e. The van der Waals surface area contributed by atoms with E-state index < -0.39 is 17.4 Å². The maximum atomic E-state index is 11.7. The third kappa shape index (κ3) is 1.31. The van der Waals surface area contributed by atoms with Crippen LogP contribution in [0, 0.1) is 5.41 Å². The first kappa shape index (κ1) is 10.7. The van der Waals surface area contributed by atoms with Crippen LogP contribution in [0.2, 0.25) is 0 Å². The first-order chi connectivity index (χ1) is 7.41. The van der Waals surface area contributed by atoms with E-state index in [-0.39, 0.29) is 5.41 Å². The molecule has 86 valence electrons. The minimum atomic E-state index is -0.980. The monoisotopic (exact) mass is 221 g/mol. The third-order valence-electron chi connectivity index (χ3n) is 3.57. The number of amides is 2. The Labute approximate surface area is 93.6 Å². The normalized spacial score (nSPS) is 30.2. The molecule has 0 spiro atoms. The van der Waals surface area contributed by atoms with Gasteiger partial charge in [0.05, 0.1) is 0 Å². The fraction of sp³-hybridized carbons (Fsp3) is 0.455. The molecule has 1 unspecified atom stereocenters. The lowest BCUT2D eigenvalue weighted by molar-refractivity contribution is -0.124. The maximum absolute atomic E-state index is 11.7. The quantitative estimate of drug-likeness (QED) is 0.601. The number of rotatable bonds is 3. The van der Waals surface area contributed by atoms with E-state index in [1.165, 1.54) is 0 Å². The molecule has 1 heterocycles. The molecular weight excluding hydrogens is 206 g/mol. The number of hydrogen-bond acceptors (Lipinski definition) is 3. The van der Waals surface area contributed by atoms with E-state index in [1.807, 2.05) is 6.92 Å². The van der Waals surface area contributed by atoms with E-state index >= 15 is 0 Å². The second-order valence-electron chi connectivity index (χ2n) is 4.67. The van der Waals surface area contributed by atoms with Gasteiger partial charge in [-0.1, -0.05) is 6.92 Å².